The van der Waals surface area contributed by atoms with Crippen LogP contribution in [0, 0.1) is 23.5 Å². The van der Waals surface area contributed by atoms with Crippen LogP contribution in [0.2, 0.25) is 0 Å². The van der Waals surface area contributed by atoms with E-state index in [4.69, 9.17) is 4.74 Å². The molecule has 1 fully saturated rings. The lowest BCUT2D eigenvalue weighted by atomic mass is 10.2. The molecule has 1 aliphatic heterocycles. The van der Waals surface area contributed by atoms with Crippen LogP contribution >= 0.6 is 0 Å². The van der Waals surface area contributed by atoms with Crippen molar-refractivity contribution in [3.05, 3.63) is 59.7 Å². The second kappa shape index (κ2) is 10.4. The SMILES string of the molecule is O=C(NCC#CCOc1ccc(F)cc1F)c1ccc(S(=O)(=O)N2CCCCC2)cc1. The highest BCUT2D eigenvalue weighted by atomic mass is 32.2. The number of hydrogen-bond acceptors (Lipinski definition) is 4. The lowest BCUT2D eigenvalue weighted by Crippen LogP contribution is -2.35. The molecule has 2 aromatic rings. The Hall–Kier alpha value is -2.96. The van der Waals surface area contributed by atoms with Crippen molar-refractivity contribution in [2.75, 3.05) is 26.2 Å². The van der Waals surface area contributed by atoms with E-state index in [2.05, 4.69) is 17.2 Å². The summed E-state index contributed by atoms with van der Waals surface area (Å²) in [6.07, 6.45) is 2.73. The zero-order chi connectivity index (χ0) is 22.3. The van der Waals surface area contributed by atoms with Crippen LogP contribution in [0.15, 0.2) is 47.4 Å². The maximum absolute atomic E-state index is 13.4. The number of nitrogens with zero attached hydrogens (tertiary/aromatic N) is 1. The monoisotopic (exact) mass is 448 g/mol. The number of ether oxygens (including phenoxy) is 1. The number of amides is 1. The molecule has 0 spiro atoms. The number of hydrogen-bond donors (Lipinski definition) is 1. The van der Waals surface area contributed by atoms with Gasteiger partial charge in [0.15, 0.2) is 11.6 Å². The van der Waals surface area contributed by atoms with E-state index in [-0.39, 0.29) is 23.8 Å². The van der Waals surface area contributed by atoms with Crippen molar-refractivity contribution in [3.63, 3.8) is 0 Å². The van der Waals surface area contributed by atoms with Crippen LogP contribution in [0.5, 0.6) is 5.75 Å². The Morgan fingerprint density at radius 3 is 2.42 bits per heavy atom. The van der Waals surface area contributed by atoms with Gasteiger partial charge in [-0.25, -0.2) is 17.2 Å². The molecule has 9 heteroatoms. The van der Waals surface area contributed by atoms with Gasteiger partial charge in [-0.05, 0) is 49.2 Å². The molecule has 0 bridgehead atoms. The second-order valence-corrected chi connectivity index (χ2v) is 8.83. The first-order chi connectivity index (χ1) is 14.9. The topological polar surface area (TPSA) is 75.7 Å². The average Bonchev–Trinajstić information content (AvgIpc) is 2.78. The van der Waals surface area contributed by atoms with E-state index in [1.165, 1.54) is 34.6 Å². The van der Waals surface area contributed by atoms with Crippen molar-refractivity contribution in [1.29, 1.82) is 0 Å². The third-order valence-electron chi connectivity index (χ3n) is 4.73. The first-order valence-corrected chi connectivity index (χ1v) is 11.2. The third-order valence-corrected chi connectivity index (χ3v) is 6.64. The van der Waals surface area contributed by atoms with Crippen molar-refractivity contribution in [2.45, 2.75) is 24.2 Å². The second-order valence-electron chi connectivity index (χ2n) is 6.89. The summed E-state index contributed by atoms with van der Waals surface area (Å²) in [5.41, 5.74) is 0.309. The van der Waals surface area contributed by atoms with Gasteiger partial charge in [0.25, 0.3) is 5.91 Å². The molecule has 3 rings (SSSR count). The summed E-state index contributed by atoms with van der Waals surface area (Å²) in [6, 6.07) is 8.73. The molecule has 0 aromatic heterocycles. The van der Waals surface area contributed by atoms with Gasteiger partial charge in [0.05, 0.1) is 11.4 Å². The minimum atomic E-state index is -3.54. The Morgan fingerprint density at radius 2 is 1.74 bits per heavy atom. The molecule has 0 atom stereocenters. The van der Waals surface area contributed by atoms with E-state index >= 15 is 0 Å². The standard InChI is InChI=1S/C22H22F2N2O4S/c23-18-8-11-21(20(24)16-18)30-15-5-2-12-25-22(27)17-6-9-19(10-7-17)31(28,29)26-13-3-1-4-14-26/h6-11,16H,1,3-4,12-15H2,(H,25,27). The minimum Gasteiger partial charge on any atom is -0.478 e. The van der Waals surface area contributed by atoms with Gasteiger partial charge in [0.2, 0.25) is 10.0 Å². The highest BCUT2D eigenvalue weighted by Crippen LogP contribution is 2.21. The predicted molar refractivity (Wildman–Crippen MR) is 111 cm³/mol. The largest absolute Gasteiger partial charge is 0.478 e. The molecular formula is C22H22F2N2O4S. The van der Waals surface area contributed by atoms with E-state index in [1.807, 2.05) is 0 Å². The lowest BCUT2D eigenvalue weighted by Gasteiger charge is -2.25. The van der Waals surface area contributed by atoms with E-state index in [1.54, 1.807) is 0 Å². The molecule has 164 valence electrons. The molecule has 2 aromatic carbocycles. The lowest BCUT2D eigenvalue weighted by molar-refractivity contribution is 0.0958. The van der Waals surface area contributed by atoms with Gasteiger partial charge in [-0.2, -0.15) is 4.31 Å². The number of nitrogens with one attached hydrogen (secondary N) is 1. The summed E-state index contributed by atoms with van der Waals surface area (Å²) in [6.45, 7) is 0.935. The number of benzene rings is 2. The molecule has 6 nitrogen and oxygen atoms in total. The fourth-order valence-corrected chi connectivity index (χ4v) is 4.60. The van der Waals surface area contributed by atoms with Crippen LogP contribution in [0.3, 0.4) is 0 Å². The van der Waals surface area contributed by atoms with Crippen molar-refractivity contribution in [3.8, 4) is 17.6 Å². The first-order valence-electron chi connectivity index (χ1n) is 9.80. The number of carbonyl (C=O) groups is 1. The normalized spacial score (nSPS) is 14.4. The van der Waals surface area contributed by atoms with Gasteiger partial charge >= 0.3 is 0 Å². The maximum atomic E-state index is 13.4. The zero-order valence-corrected chi connectivity index (χ0v) is 17.6. The van der Waals surface area contributed by atoms with Crippen LogP contribution in [-0.4, -0.2) is 44.9 Å². The Labute approximate surface area is 180 Å². The Kier molecular flexibility index (Phi) is 7.60. The molecule has 1 heterocycles. The van der Waals surface area contributed by atoms with Gasteiger partial charge in [-0.15, -0.1) is 0 Å². The number of rotatable bonds is 6. The first kappa shape index (κ1) is 22.7. The number of piperidine rings is 1. The summed E-state index contributed by atoms with van der Waals surface area (Å²) in [4.78, 5) is 12.3. The van der Waals surface area contributed by atoms with Crippen molar-refractivity contribution in [2.24, 2.45) is 0 Å². The predicted octanol–water partition coefficient (Wildman–Crippen LogP) is 2.95. The van der Waals surface area contributed by atoms with Crippen LogP contribution in [-0.2, 0) is 10.0 Å². The molecule has 1 saturated heterocycles. The molecule has 1 N–H and O–H groups in total. The van der Waals surface area contributed by atoms with Gasteiger partial charge in [0, 0.05) is 24.7 Å². The van der Waals surface area contributed by atoms with Crippen molar-refractivity contribution in [1.82, 2.24) is 9.62 Å². The molecule has 31 heavy (non-hydrogen) atoms. The van der Waals surface area contributed by atoms with E-state index in [0.717, 1.165) is 25.3 Å². The number of sulfonamides is 1. The quantitative estimate of drug-likeness (QED) is 0.690. The number of carbonyl (C=O) groups excluding carboxylic acids is 1. The van der Waals surface area contributed by atoms with Crippen LogP contribution in [0.1, 0.15) is 29.6 Å². The summed E-state index contributed by atoms with van der Waals surface area (Å²) < 4.78 is 58.1. The van der Waals surface area contributed by atoms with Crippen LogP contribution in [0.4, 0.5) is 8.78 Å². The Balaban J connectivity index is 1.48. The molecule has 1 amide bonds. The summed E-state index contributed by atoms with van der Waals surface area (Å²) in [5.74, 6) is 3.25. The van der Waals surface area contributed by atoms with E-state index in [0.29, 0.717) is 24.7 Å². The highest BCUT2D eigenvalue weighted by molar-refractivity contribution is 7.89. The summed E-state index contributed by atoms with van der Waals surface area (Å²) >= 11 is 0. The molecule has 0 saturated carbocycles. The summed E-state index contributed by atoms with van der Waals surface area (Å²) in [7, 11) is -3.54. The Morgan fingerprint density at radius 1 is 1.03 bits per heavy atom. The number of halogens is 2. The maximum Gasteiger partial charge on any atom is 0.252 e. The molecule has 1 aliphatic rings. The van der Waals surface area contributed by atoms with E-state index in [9.17, 15) is 22.0 Å². The van der Waals surface area contributed by atoms with E-state index < -0.39 is 27.6 Å². The Bertz CT molecular complexity index is 1090. The van der Waals surface area contributed by atoms with Crippen LogP contribution in [0.25, 0.3) is 0 Å². The van der Waals surface area contributed by atoms with Crippen LogP contribution < -0.4 is 10.1 Å². The third kappa shape index (κ3) is 6.03. The smallest absolute Gasteiger partial charge is 0.252 e. The fraction of sp³-hybridized carbons (Fsp3) is 0.318. The molecule has 0 radical (unpaired) electrons. The fourth-order valence-electron chi connectivity index (χ4n) is 3.08. The van der Waals surface area contributed by atoms with Crippen molar-refractivity contribution >= 4 is 15.9 Å². The average molecular weight is 448 g/mol. The minimum absolute atomic E-state index is 0.0297. The molecular weight excluding hydrogens is 426 g/mol. The van der Waals surface area contributed by atoms with Gasteiger partial charge in [-0.1, -0.05) is 18.3 Å². The van der Waals surface area contributed by atoms with Crippen molar-refractivity contribution < 1.29 is 26.7 Å². The summed E-state index contributed by atoms with van der Waals surface area (Å²) in [5, 5.41) is 2.59. The van der Waals surface area contributed by atoms with Gasteiger partial charge in [-0.3, -0.25) is 4.79 Å². The molecule has 0 unspecified atom stereocenters. The molecule has 0 aliphatic carbocycles. The van der Waals surface area contributed by atoms with Gasteiger partial charge < -0.3 is 10.1 Å². The zero-order valence-electron chi connectivity index (χ0n) is 16.7. The highest BCUT2D eigenvalue weighted by Gasteiger charge is 2.25. The van der Waals surface area contributed by atoms with Gasteiger partial charge in [0.1, 0.15) is 12.4 Å².